The summed E-state index contributed by atoms with van der Waals surface area (Å²) in [7, 11) is 0. The molecule has 1 fully saturated rings. The van der Waals surface area contributed by atoms with Gasteiger partial charge in [0.1, 0.15) is 0 Å². The number of aryl methyl sites for hydroxylation is 1. The van der Waals surface area contributed by atoms with Gasteiger partial charge in [0.25, 0.3) is 5.91 Å². The third-order valence-corrected chi connectivity index (χ3v) is 4.27. The zero-order valence-electron chi connectivity index (χ0n) is 13.4. The summed E-state index contributed by atoms with van der Waals surface area (Å²) < 4.78 is 0. The van der Waals surface area contributed by atoms with Crippen LogP contribution in [0.5, 0.6) is 0 Å². The Balaban J connectivity index is 1.48. The maximum Gasteiger partial charge on any atom is 0.253 e. The number of likely N-dealkylation sites (tertiary alicyclic amines) is 1. The van der Waals surface area contributed by atoms with Crippen molar-refractivity contribution >= 4 is 11.9 Å². The summed E-state index contributed by atoms with van der Waals surface area (Å²) in [6.07, 6.45) is 3.79. The molecule has 2 heterocycles. The van der Waals surface area contributed by atoms with Gasteiger partial charge in [-0.3, -0.25) is 4.79 Å². The molecule has 5 nitrogen and oxygen atoms in total. The maximum atomic E-state index is 12.4. The summed E-state index contributed by atoms with van der Waals surface area (Å²) >= 11 is 0. The Kier molecular flexibility index (Phi) is 4.86. The summed E-state index contributed by atoms with van der Waals surface area (Å²) in [6, 6.07) is 11.4. The van der Waals surface area contributed by atoms with Gasteiger partial charge in [0.05, 0.1) is 0 Å². The number of nitrogens with one attached hydrogen (secondary N) is 1. The molecule has 0 bridgehead atoms. The fourth-order valence-electron chi connectivity index (χ4n) is 2.87. The molecule has 0 radical (unpaired) electrons. The molecule has 1 aromatic carbocycles. The molecule has 5 heteroatoms. The fraction of sp³-hybridized carbons (Fsp3) is 0.389. The summed E-state index contributed by atoms with van der Waals surface area (Å²) in [6.45, 7) is 4.45. The first-order chi connectivity index (χ1) is 11.2. The van der Waals surface area contributed by atoms with Crippen molar-refractivity contribution in [2.75, 3.05) is 25.0 Å². The molecule has 1 amide bonds. The highest BCUT2D eigenvalue weighted by atomic mass is 16.2. The SMILES string of the molecule is Cc1ccnc(NCC2CCN(C(=O)c3ccccc3)CC2)n1. The highest BCUT2D eigenvalue weighted by Gasteiger charge is 2.23. The van der Waals surface area contributed by atoms with Gasteiger partial charge in [0, 0.05) is 37.1 Å². The average Bonchev–Trinajstić information content (AvgIpc) is 2.61. The molecule has 0 atom stereocenters. The summed E-state index contributed by atoms with van der Waals surface area (Å²) in [5, 5.41) is 3.31. The maximum absolute atomic E-state index is 12.4. The van der Waals surface area contributed by atoms with E-state index >= 15 is 0 Å². The number of carbonyl (C=O) groups excluding carboxylic acids is 1. The van der Waals surface area contributed by atoms with E-state index in [2.05, 4.69) is 15.3 Å². The molecule has 0 aliphatic carbocycles. The van der Waals surface area contributed by atoms with Crippen molar-refractivity contribution in [3.63, 3.8) is 0 Å². The number of aromatic nitrogens is 2. The number of benzene rings is 1. The average molecular weight is 310 g/mol. The van der Waals surface area contributed by atoms with Gasteiger partial charge in [-0.05, 0) is 43.9 Å². The molecule has 120 valence electrons. The van der Waals surface area contributed by atoms with Gasteiger partial charge in [-0.15, -0.1) is 0 Å². The Morgan fingerprint density at radius 1 is 1.22 bits per heavy atom. The van der Waals surface area contributed by atoms with Crippen molar-refractivity contribution in [1.29, 1.82) is 0 Å². The molecular formula is C18H22N4O. The monoisotopic (exact) mass is 310 g/mol. The van der Waals surface area contributed by atoms with E-state index in [9.17, 15) is 4.79 Å². The van der Waals surface area contributed by atoms with E-state index in [0.29, 0.717) is 11.9 Å². The zero-order valence-corrected chi connectivity index (χ0v) is 13.4. The van der Waals surface area contributed by atoms with Crippen LogP contribution in [0.15, 0.2) is 42.6 Å². The minimum atomic E-state index is 0.138. The van der Waals surface area contributed by atoms with Crippen LogP contribution in [-0.2, 0) is 0 Å². The van der Waals surface area contributed by atoms with E-state index < -0.39 is 0 Å². The number of carbonyl (C=O) groups is 1. The lowest BCUT2D eigenvalue weighted by Crippen LogP contribution is -2.39. The number of anilines is 1. The summed E-state index contributed by atoms with van der Waals surface area (Å²) in [5.41, 5.74) is 1.74. The van der Waals surface area contributed by atoms with E-state index in [1.54, 1.807) is 6.20 Å². The van der Waals surface area contributed by atoms with Crippen LogP contribution in [0, 0.1) is 12.8 Å². The lowest BCUT2D eigenvalue weighted by atomic mass is 9.96. The number of hydrogen-bond acceptors (Lipinski definition) is 4. The van der Waals surface area contributed by atoms with Gasteiger partial charge in [-0.2, -0.15) is 0 Å². The summed E-state index contributed by atoms with van der Waals surface area (Å²) in [5.74, 6) is 1.38. The van der Waals surface area contributed by atoms with Gasteiger partial charge in [0.15, 0.2) is 0 Å². The van der Waals surface area contributed by atoms with Crippen LogP contribution in [0.25, 0.3) is 0 Å². The molecule has 1 saturated heterocycles. The highest BCUT2D eigenvalue weighted by molar-refractivity contribution is 5.94. The first-order valence-corrected chi connectivity index (χ1v) is 8.10. The molecule has 0 unspecified atom stereocenters. The third kappa shape index (κ3) is 4.06. The molecule has 3 rings (SSSR count). The zero-order chi connectivity index (χ0) is 16.1. The molecule has 1 aromatic heterocycles. The molecule has 1 N–H and O–H groups in total. The quantitative estimate of drug-likeness (QED) is 0.943. The van der Waals surface area contributed by atoms with Gasteiger partial charge < -0.3 is 10.2 Å². The van der Waals surface area contributed by atoms with Crippen molar-refractivity contribution in [3.8, 4) is 0 Å². The van der Waals surface area contributed by atoms with Crippen LogP contribution in [-0.4, -0.2) is 40.4 Å². The minimum absolute atomic E-state index is 0.138. The second-order valence-electron chi connectivity index (χ2n) is 6.00. The molecule has 23 heavy (non-hydrogen) atoms. The number of hydrogen-bond donors (Lipinski definition) is 1. The Hall–Kier alpha value is -2.43. The van der Waals surface area contributed by atoms with Crippen molar-refractivity contribution in [2.24, 2.45) is 5.92 Å². The second-order valence-corrected chi connectivity index (χ2v) is 6.00. The van der Waals surface area contributed by atoms with Crippen molar-refractivity contribution in [1.82, 2.24) is 14.9 Å². The predicted molar refractivity (Wildman–Crippen MR) is 90.3 cm³/mol. The minimum Gasteiger partial charge on any atom is -0.354 e. The Morgan fingerprint density at radius 2 is 1.96 bits per heavy atom. The third-order valence-electron chi connectivity index (χ3n) is 4.27. The van der Waals surface area contributed by atoms with Crippen LogP contribution in [0.4, 0.5) is 5.95 Å². The van der Waals surface area contributed by atoms with E-state index in [1.165, 1.54) is 0 Å². The number of rotatable bonds is 4. The Morgan fingerprint density at radius 3 is 2.65 bits per heavy atom. The number of amides is 1. The smallest absolute Gasteiger partial charge is 0.253 e. The molecular weight excluding hydrogens is 288 g/mol. The van der Waals surface area contributed by atoms with E-state index in [0.717, 1.165) is 43.7 Å². The lowest BCUT2D eigenvalue weighted by molar-refractivity contribution is 0.0695. The van der Waals surface area contributed by atoms with Crippen molar-refractivity contribution < 1.29 is 4.79 Å². The van der Waals surface area contributed by atoms with Crippen LogP contribution >= 0.6 is 0 Å². The van der Waals surface area contributed by atoms with Gasteiger partial charge in [0.2, 0.25) is 5.95 Å². The Labute approximate surface area is 136 Å². The van der Waals surface area contributed by atoms with E-state index in [4.69, 9.17) is 0 Å². The molecule has 1 aliphatic heterocycles. The van der Waals surface area contributed by atoms with Crippen molar-refractivity contribution in [3.05, 3.63) is 53.9 Å². The molecule has 0 saturated carbocycles. The molecule has 0 spiro atoms. The van der Waals surface area contributed by atoms with E-state index in [1.807, 2.05) is 48.2 Å². The van der Waals surface area contributed by atoms with Crippen LogP contribution in [0.1, 0.15) is 28.9 Å². The largest absolute Gasteiger partial charge is 0.354 e. The van der Waals surface area contributed by atoms with Gasteiger partial charge >= 0.3 is 0 Å². The van der Waals surface area contributed by atoms with Gasteiger partial charge in [-0.25, -0.2) is 9.97 Å². The van der Waals surface area contributed by atoms with Crippen LogP contribution in [0.2, 0.25) is 0 Å². The first kappa shape index (κ1) is 15.5. The first-order valence-electron chi connectivity index (χ1n) is 8.10. The standard InChI is InChI=1S/C18H22N4O/c1-14-7-10-19-18(21-14)20-13-15-8-11-22(12-9-15)17(23)16-5-3-2-4-6-16/h2-7,10,15H,8-9,11-13H2,1H3,(H,19,20,21). The fourth-order valence-corrected chi connectivity index (χ4v) is 2.87. The van der Waals surface area contributed by atoms with Gasteiger partial charge in [-0.1, -0.05) is 18.2 Å². The highest BCUT2D eigenvalue weighted by Crippen LogP contribution is 2.19. The van der Waals surface area contributed by atoms with Crippen LogP contribution in [0.3, 0.4) is 0 Å². The van der Waals surface area contributed by atoms with E-state index in [-0.39, 0.29) is 5.91 Å². The topological polar surface area (TPSA) is 58.1 Å². The van der Waals surface area contributed by atoms with Crippen molar-refractivity contribution in [2.45, 2.75) is 19.8 Å². The Bertz CT molecular complexity index is 651. The van der Waals surface area contributed by atoms with Crippen LogP contribution < -0.4 is 5.32 Å². The predicted octanol–water partition coefficient (Wildman–Crippen LogP) is 2.75. The number of piperidine rings is 1. The number of nitrogens with zero attached hydrogens (tertiary/aromatic N) is 3. The lowest BCUT2D eigenvalue weighted by Gasteiger charge is -2.32. The second kappa shape index (κ2) is 7.22. The summed E-state index contributed by atoms with van der Waals surface area (Å²) in [4.78, 5) is 22.9. The molecule has 2 aromatic rings. The normalized spacial score (nSPS) is 15.4. The molecule has 1 aliphatic rings.